The number of aromatic nitrogens is 2. The number of imidazole rings is 1. The van der Waals surface area contributed by atoms with Gasteiger partial charge < -0.3 is 19.9 Å². The van der Waals surface area contributed by atoms with E-state index in [-0.39, 0.29) is 18.2 Å². The van der Waals surface area contributed by atoms with Crippen LogP contribution in [0.5, 0.6) is 0 Å². The molecule has 25 heavy (non-hydrogen) atoms. The van der Waals surface area contributed by atoms with Crippen LogP contribution in [0.2, 0.25) is 0 Å². The number of ether oxygens (including phenoxy) is 1. The number of nitrogens with one attached hydrogen (secondary N) is 2. The molecule has 1 aromatic heterocycles. The molecule has 2 N–H and O–H groups in total. The van der Waals surface area contributed by atoms with E-state index in [0.29, 0.717) is 0 Å². The smallest absolute Gasteiger partial charge is 0.407 e. The van der Waals surface area contributed by atoms with Crippen LogP contribution in [0.4, 0.5) is 4.79 Å². The first kappa shape index (κ1) is 19.8. The van der Waals surface area contributed by atoms with Gasteiger partial charge in [-0.1, -0.05) is 26.2 Å². The van der Waals surface area contributed by atoms with Gasteiger partial charge in [-0.15, -0.1) is 0 Å². The monoisotopic (exact) mass is 350 g/mol. The third-order valence-electron chi connectivity index (χ3n) is 4.53. The third-order valence-corrected chi connectivity index (χ3v) is 4.53. The van der Waals surface area contributed by atoms with E-state index in [4.69, 9.17) is 4.74 Å². The van der Waals surface area contributed by atoms with Gasteiger partial charge in [0, 0.05) is 31.4 Å². The van der Waals surface area contributed by atoms with Crippen molar-refractivity contribution in [2.24, 2.45) is 0 Å². The Morgan fingerprint density at radius 2 is 2.00 bits per heavy atom. The van der Waals surface area contributed by atoms with Gasteiger partial charge >= 0.3 is 6.09 Å². The summed E-state index contributed by atoms with van der Waals surface area (Å²) in [5, 5.41) is 6.74. The zero-order valence-corrected chi connectivity index (χ0v) is 16.2. The molecule has 0 radical (unpaired) electrons. The summed E-state index contributed by atoms with van der Waals surface area (Å²) in [6, 6.07) is 0.375. The molecular weight excluding hydrogens is 316 g/mol. The molecule has 0 aromatic carbocycles. The number of hydrogen-bond donors (Lipinski definition) is 2. The zero-order valence-electron chi connectivity index (χ0n) is 16.2. The number of hydrogen-bond acceptors (Lipinski definition) is 4. The van der Waals surface area contributed by atoms with E-state index in [1.807, 2.05) is 33.3 Å². The number of alkyl carbamates (subject to hydrolysis) is 1. The van der Waals surface area contributed by atoms with Crippen molar-refractivity contribution in [3.63, 3.8) is 0 Å². The first-order valence-corrected chi connectivity index (χ1v) is 9.61. The molecule has 2 unspecified atom stereocenters. The van der Waals surface area contributed by atoms with E-state index in [2.05, 4.69) is 27.1 Å². The Balaban J connectivity index is 1.94. The summed E-state index contributed by atoms with van der Waals surface area (Å²) in [6.07, 6.45) is 10.2. The van der Waals surface area contributed by atoms with Gasteiger partial charge in [0.2, 0.25) is 0 Å². The predicted octanol–water partition coefficient (Wildman–Crippen LogP) is 3.61. The van der Waals surface area contributed by atoms with Crippen LogP contribution in [0.3, 0.4) is 0 Å². The average Bonchev–Trinajstić information content (AvgIpc) is 2.83. The van der Waals surface area contributed by atoms with E-state index in [9.17, 15) is 4.79 Å². The number of amides is 1. The second-order valence-electron chi connectivity index (χ2n) is 7.96. The zero-order chi connectivity index (χ0) is 18.3. The molecule has 1 aliphatic carbocycles. The Labute approximate surface area is 151 Å². The lowest BCUT2D eigenvalue weighted by Gasteiger charge is -2.29. The molecule has 0 saturated heterocycles. The molecule has 1 amide bonds. The normalized spacial score (nSPS) is 21.6. The molecule has 1 saturated carbocycles. The number of nitrogens with zero attached hydrogens (tertiary/aromatic N) is 2. The second-order valence-corrected chi connectivity index (χ2v) is 7.96. The molecule has 2 rings (SSSR count). The molecule has 0 spiro atoms. The minimum Gasteiger partial charge on any atom is -0.444 e. The molecule has 6 nitrogen and oxygen atoms in total. The van der Waals surface area contributed by atoms with Crippen molar-refractivity contribution in [2.75, 3.05) is 0 Å². The molecule has 1 aromatic rings. The first-order valence-electron chi connectivity index (χ1n) is 9.61. The van der Waals surface area contributed by atoms with Crippen LogP contribution in [-0.2, 0) is 17.8 Å². The number of rotatable bonds is 6. The molecular formula is C19H34N4O2. The minimum atomic E-state index is -0.468. The maximum absolute atomic E-state index is 12.2. The van der Waals surface area contributed by atoms with E-state index < -0.39 is 5.60 Å². The molecule has 142 valence electrons. The quantitative estimate of drug-likeness (QED) is 0.769. The Morgan fingerprint density at radius 3 is 2.68 bits per heavy atom. The van der Waals surface area contributed by atoms with Gasteiger partial charge in [-0.25, -0.2) is 9.78 Å². The van der Waals surface area contributed by atoms with Crippen LogP contribution in [0.15, 0.2) is 12.5 Å². The van der Waals surface area contributed by atoms with Crippen molar-refractivity contribution in [1.82, 2.24) is 20.2 Å². The summed E-state index contributed by atoms with van der Waals surface area (Å²) in [4.78, 5) is 16.4. The summed E-state index contributed by atoms with van der Waals surface area (Å²) in [7, 11) is 0. The topological polar surface area (TPSA) is 68.2 Å². The molecule has 0 aliphatic heterocycles. The Morgan fingerprint density at radius 1 is 1.28 bits per heavy atom. The summed E-state index contributed by atoms with van der Waals surface area (Å²) in [6.45, 7) is 9.61. The summed E-state index contributed by atoms with van der Waals surface area (Å²) < 4.78 is 7.63. The van der Waals surface area contributed by atoms with E-state index in [1.165, 1.54) is 18.5 Å². The lowest BCUT2D eigenvalue weighted by atomic mass is 10.0. The van der Waals surface area contributed by atoms with Crippen molar-refractivity contribution in [2.45, 2.75) is 97.0 Å². The van der Waals surface area contributed by atoms with Crippen LogP contribution in [0.25, 0.3) is 0 Å². The Hall–Kier alpha value is -1.56. The standard InChI is InChI=1S/C19H34N4O2/c1-5-11-23-14-20-12-15(23)13-21-16-9-7-6-8-10-17(16)22-18(24)25-19(2,3)4/h12,14,16-17,21H,5-11,13H2,1-4H3,(H,22,24). The predicted molar refractivity (Wildman–Crippen MR) is 99.4 cm³/mol. The Bertz CT molecular complexity index is 536. The van der Waals surface area contributed by atoms with Gasteiger partial charge in [0.25, 0.3) is 0 Å². The van der Waals surface area contributed by atoms with Crippen LogP contribution in [0, 0.1) is 0 Å². The number of aryl methyl sites for hydroxylation is 1. The highest BCUT2D eigenvalue weighted by molar-refractivity contribution is 5.68. The van der Waals surface area contributed by atoms with E-state index in [1.54, 1.807) is 0 Å². The van der Waals surface area contributed by atoms with Gasteiger partial charge in [-0.3, -0.25) is 0 Å². The molecule has 1 fully saturated rings. The fraction of sp³-hybridized carbons (Fsp3) is 0.789. The average molecular weight is 351 g/mol. The largest absolute Gasteiger partial charge is 0.444 e. The number of carbonyl (C=O) groups is 1. The summed E-state index contributed by atoms with van der Waals surface area (Å²) >= 11 is 0. The first-order chi connectivity index (χ1) is 11.9. The van der Waals surface area contributed by atoms with Gasteiger partial charge in [0.1, 0.15) is 5.60 Å². The van der Waals surface area contributed by atoms with Gasteiger partial charge in [-0.05, 0) is 40.0 Å². The summed E-state index contributed by atoms with van der Waals surface area (Å²) in [5.41, 5.74) is 0.729. The van der Waals surface area contributed by atoms with Crippen molar-refractivity contribution < 1.29 is 9.53 Å². The minimum absolute atomic E-state index is 0.111. The van der Waals surface area contributed by atoms with Crippen LogP contribution < -0.4 is 10.6 Å². The van der Waals surface area contributed by atoms with Gasteiger partial charge in [0.05, 0.1) is 12.0 Å². The highest BCUT2D eigenvalue weighted by atomic mass is 16.6. The highest BCUT2D eigenvalue weighted by Crippen LogP contribution is 2.19. The SMILES string of the molecule is CCCn1cncc1CNC1CCCCCC1NC(=O)OC(C)(C)C. The molecule has 2 atom stereocenters. The van der Waals surface area contributed by atoms with Gasteiger partial charge in [-0.2, -0.15) is 0 Å². The molecule has 1 aliphatic rings. The fourth-order valence-corrected chi connectivity index (χ4v) is 3.36. The maximum atomic E-state index is 12.2. The van der Waals surface area contributed by atoms with E-state index >= 15 is 0 Å². The van der Waals surface area contributed by atoms with Crippen molar-refractivity contribution in [3.8, 4) is 0 Å². The van der Waals surface area contributed by atoms with Crippen LogP contribution in [-0.4, -0.2) is 33.3 Å². The molecule has 0 bridgehead atoms. The van der Waals surface area contributed by atoms with Crippen molar-refractivity contribution >= 4 is 6.09 Å². The van der Waals surface area contributed by atoms with Gasteiger partial charge in [0.15, 0.2) is 0 Å². The lowest BCUT2D eigenvalue weighted by molar-refractivity contribution is 0.0489. The number of carbonyl (C=O) groups excluding carboxylic acids is 1. The van der Waals surface area contributed by atoms with Crippen molar-refractivity contribution in [3.05, 3.63) is 18.2 Å². The van der Waals surface area contributed by atoms with Crippen molar-refractivity contribution in [1.29, 1.82) is 0 Å². The maximum Gasteiger partial charge on any atom is 0.407 e. The molecule has 1 heterocycles. The van der Waals surface area contributed by atoms with E-state index in [0.717, 1.165) is 38.8 Å². The third kappa shape index (κ3) is 6.69. The van der Waals surface area contributed by atoms with Crippen LogP contribution >= 0.6 is 0 Å². The summed E-state index contributed by atoms with van der Waals surface area (Å²) in [5.74, 6) is 0. The highest BCUT2D eigenvalue weighted by Gasteiger charge is 2.27. The second kappa shape index (κ2) is 9.22. The lowest BCUT2D eigenvalue weighted by Crippen LogP contribution is -2.50. The molecule has 6 heteroatoms. The fourth-order valence-electron chi connectivity index (χ4n) is 3.36. The van der Waals surface area contributed by atoms with Crippen LogP contribution in [0.1, 0.15) is 71.9 Å². The Kier molecular flexibility index (Phi) is 7.29.